The van der Waals surface area contributed by atoms with Gasteiger partial charge in [-0.2, -0.15) is 0 Å². The maximum absolute atomic E-state index is 12.1. The number of aromatic hydroxyl groups is 1. The van der Waals surface area contributed by atoms with E-state index in [9.17, 15) is 14.7 Å². The number of halogens is 1. The average Bonchev–Trinajstić information content (AvgIpc) is 3.10. The minimum atomic E-state index is -0.519. The zero-order valence-electron chi connectivity index (χ0n) is 17.2. The number of fused-ring (bicyclic) bond motifs is 1. The van der Waals surface area contributed by atoms with Crippen LogP contribution >= 0.6 is 15.9 Å². The van der Waals surface area contributed by atoms with Crippen molar-refractivity contribution in [2.75, 3.05) is 19.5 Å². The van der Waals surface area contributed by atoms with Gasteiger partial charge in [0.15, 0.2) is 0 Å². The van der Waals surface area contributed by atoms with E-state index in [4.69, 9.17) is 14.2 Å². The lowest BCUT2D eigenvalue weighted by Gasteiger charge is -2.16. The Kier molecular flexibility index (Phi) is 8.32. The van der Waals surface area contributed by atoms with Crippen molar-refractivity contribution >= 4 is 27.9 Å². The van der Waals surface area contributed by atoms with Gasteiger partial charge in [-0.15, -0.1) is 0 Å². The first-order valence-corrected chi connectivity index (χ1v) is 10.5. The molecule has 29 heavy (non-hydrogen) atoms. The maximum atomic E-state index is 12.1. The summed E-state index contributed by atoms with van der Waals surface area (Å²) in [5.41, 5.74) is 3.19. The van der Waals surface area contributed by atoms with Crippen LogP contribution in [0.1, 0.15) is 46.8 Å². The Balaban J connectivity index is 2.27. The third-order valence-corrected chi connectivity index (χ3v) is 5.46. The van der Waals surface area contributed by atoms with Gasteiger partial charge in [0.2, 0.25) is 0 Å². The number of phenols is 1. The summed E-state index contributed by atoms with van der Waals surface area (Å²) in [4.78, 5) is 24.1. The quantitative estimate of drug-likeness (QED) is 0.330. The van der Waals surface area contributed by atoms with Crippen molar-refractivity contribution in [2.24, 2.45) is 5.92 Å². The minimum absolute atomic E-state index is 0.0984. The first-order chi connectivity index (χ1) is 13.8. The molecule has 1 aromatic rings. The number of cyclic esters (lactones) is 1. The van der Waals surface area contributed by atoms with Crippen LogP contribution in [0.4, 0.5) is 0 Å². The normalized spacial score (nSPS) is 14.7. The summed E-state index contributed by atoms with van der Waals surface area (Å²) in [5.74, 6) is -0.603. The lowest BCUT2D eigenvalue weighted by atomic mass is 9.93. The van der Waals surface area contributed by atoms with Crippen LogP contribution in [0.2, 0.25) is 0 Å². The zero-order chi connectivity index (χ0) is 21.6. The third-order valence-electron chi connectivity index (χ3n) is 5.08. The SMILES string of the molecule is COC(=O)C(CC=CCBr)CC(C)=CCc1c(O)c2c(c(C)c1OC)COC2=O. The van der Waals surface area contributed by atoms with Crippen molar-refractivity contribution in [3.05, 3.63) is 46.1 Å². The predicted octanol–water partition coefficient (Wildman–Crippen LogP) is 4.39. The van der Waals surface area contributed by atoms with E-state index in [-0.39, 0.29) is 29.8 Å². The molecule has 0 radical (unpaired) electrons. The number of phenolic OH excluding ortho intramolecular Hbond substituents is 1. The van der Waals surface area contributed by atoms with Crippen LogP contribution in [0.3, 0.4) is 0 Å². The summed E-state index contributed by atoms with van der Waals surface area (Å²) in [6.07, 6.45) is 7.33. The van der Waals surface area contributed by atoms with E-state index in [1.165, 1.54) is 14.2 Å². The Hall–Kier alpha value is -2.28. The lowest BCUT2D eigenvalue weighted by Crippen LogP contribution is -2.16. The second-order valence-electron chi connectivity index (χ2n) is 6.96. The molecule has 2 rings (SSSR count). The van der Waals surface area contributed by atoms with E-state index in [2.05, 4.69) is 15.9 Å². The Labute approximate surface area is 179 Å². The fraction of sp³-hybridized carbons (Fsp3) is 0.455. The van der Waals surface area contributed by atoms with Gasteiger partial charge < -0.3 is 19.3 Å². The van der Waals surface area contributed by atoms with Gasteiger partial charge in [-0.1, -0.05) is 39.7 Å². The van der Waals surface area contributed by atoms with Crippen LogP contribution in [0, 0.1) is 12.8 Å². The van der Waals surface area contributed by atoms with Crippen LogP contribution in [-0.4, -0.2) is 36.6 Å². The van der Waals surface area contributed by atoms with Crippen LogP contribution in [-0.2, 0) is 27.3 Å². The van der Waals surface area contributed by atoms with Crippen molar-refractivity contribution in [1.29, 1.82) is 0 Å². The van der Waals surface area contributed by atoms with Gasteiger partial charge in [0, 0.05) is 16.5 Å². The fourth-order valence-corrected chi connectivity index (χ4v) is 3.79. The van der Waals surface area contributed by atoms with Gasteiger partial charge in [-0.05, 0) is 38.7 Å². The number of carbonyl (C=O) groups excluding carboxylic acids is 2. The molecule has 0 aliphatic carbocycles. The molecule has 0 aromatic heterocycles. The highest BCUT2D eigenvalue weighted by atomic mass is 79.9. The molecule has 158 valence electrons. The van der Waals surface area contributed by atoms with Crippen molar-refractivity contribution in [2.45, 2.75) is 39.7 Å². The highest BCUT2D eigenvalue weighted by Gasteiger charge is 2.31. The molecule has 7 heteroatoms. The molecular weight excluding hydrogens is 440 g/mol. The molecule has 0 bridgehead atoms. The van der Waals surface area contributed by atoms with E-state index in [0.717, 1.165) is 16.5 Å². The molecule has 0 spiro atoms. The van der Waals surface area contributed by atoms with Crippen LogP contribution < -0.4 is 4.74 Å². The summed E-state index contributed by atoms with van der Waals surface area (Å²) in [6.45, 7) is 3.92. The van der Waals surface area contributed by atoms with E-state index >= 15 is 0 Å². The first-order valence-electron chi connectivity index (χ1n) is 9.38. The van der Waals surface area contributed by atoms with Crippen molar-refractivity contribution < 1.29 is 28.9 Å². The molecule has 1 aromatic carbocycles. The third kappa shape index (κ3) is 5.21. The summed E-state index contributed by atoms with van der Waals surface area (Å²) in [6, 6.07) is 0. The van der Waals surface area contributed by atoms with Gasteiger partial charge in [-0.25, -0.2) is 4.79 Å². The van der Waals surface area contributed by atoms with E-state index < -0.39 is 5.97 Å². The molecule has 1 N–H and O–H groups in total. The fourth-order valence-electron chi connectivity index (χ4n) is 3.53. The Bertz CT molecular complexity index is 840. The number of hydrogen-bond acceptors (Lipinski definition) is 6. The number of carbonyl (C=O) groups is 2. The molecule has 1 aliphatic heterocycles. The second kappa shape index (κ2) is 10.5. The van der Waals surface area contributed by atoms with Crippen LogP contribution in [0.5, 0.6) is 11.5 Å². The van der Waals surface area contributed by atoms with Gasteiger partial charge in [-0.3, -0.25) is 4.79 Å². The Morgan fingerprint density at radius 2 is 2.07 bits per heavy atom. The molecule has 1 unspecified atom stereocenters. The largest absolute Gasteiger partial charge is 0.507 e. The summed E-state index contributed by atoms with van der Waals surface area (Å²) >= 11 is 3.32. The zero-order valence-corrected chi connectivity index (χ0v) is 18.8. The van der Waals surface area contributed by atoms with Crippen molar-refractivity contribution in [3.63, 3.8) is 0 Å². The van der Waals surface area contributed by atoms with E-state index in [0.29, 0.717) is 36.1 Å². The molecule has 0 saturated carbocycles. The standard InChI is InChI=1S/C22H27BrO6/c1-13(11-15(21(25)28-4)7-5-6-10-23)8-9-16-19(24)18-17(12-29-22(18)26)14(2)20(16)27-3/h5-6,8,15,24H,7,9-12H2,1-4H3. The number of alkyl halides is 1. The number of hydrogen-bond donors (Lipinski definition) is 1. The Morgan fingerprint density at radius 1 is 1.34 bits per heavy atom. The number of allylic oxidation sites excluding steroid dienone is 4. The van der Waals surface area contributed by atoms with Gasteiger partial charge in [0.05, 0.1) is 20.1 Å². The minimum Gasteiger partial charge on any atom is -0.507 e. The first kappa shape index (κ1) is 23.0. The highest BCUT2D eigenvalue weighted by molar-refractivity contribution is 9.09. The number of benzene rings is 1. The van der Waals surface area contributed by atoms with Gasteiger partial charge >= 0.3 is 11.9 Å². The van der Waals surface area contributed by atoms with Crippen LogP contribution in [0.15, 0.2) is 23.8 Å². The molecule has 0 saturated heterocycles. The predicted molar refractivity (Wildman–Crippen MR) is 114 cm³/mol. The molecule has 0 amide bonds. The van der Waals surface area contributed by atoms with Crippen LogP contribution in [0.25, 0.3) is 0 Å². The average molecular weight is 467 g/mol. The number of rotatable bonds is 9. The molecule has 1 aliphatic rings. The van der Waals surface area contributed by atoms with Gasteiger partial charge in [0.25, 0.3) is 0 Å². The van der Waals surface area contributed by atoms with Crippen molar-refractivity contribution in [1.82, 2.24) is 0 Å². The van der Waals surface area contributed by atoms with E-state index in [1.54, 1.807) is 0 Å². The maximum Gasteiger partial charge on any atom is 0.342 e. The number of ether oxygens (including phenoxy) is 3. The topological polar surface area (TPSA) is 82.1 Å². The van der Waals surface area contributed by atoms with E-state index in [1.807, 2.05) is 32.1 Å². The molecule has 1 heterocycles. The van der Waals surface area contributed by atoms with Crippen molar-refractivity contribution in [3.8, 4) is 11.5 Å². The molecule has 6 nitrogen and oxygen atoms in total. The highest BCUT2D eigenvalue weighted by Crippen LogP contribution is 2.42. The molecular formula is C22H27BrO6. The molecule has 0 fully saturated rings. The smallest absolute Gasteiger partial charge is 0.342 e. The lowest BCUT2D eigenvalue weighted by molar-refractivity contribution is -0.145. The number of methoxy groups -OCH3 is 2. The summed E-state index contributed by atoms with van der Waals surface area (Å²) in [5, 5.41) is 11.4. The monoisotopic (exact) mass is 466 g/mol. The van der Waals surface area contributed by atoms with Gasteiger partial charge in [0.1, 0.15) is 23.7 Å². The summed E-state index contributed by atoms with van der Waals surface area (Å²) < 4.78 is 15.5. The number of esters is 2. The second-order valence-corrected chi connectivity index (χ2v) is 7.60. The Morgan fingerprint density at radius 3 is 2.69 bits per heavy atom. The molecule has 1 atom stereocenters. The summed E-state index contributed by atoms with van der Waals surface area (Å²) in [7, 11) is 2.92.